The summed E-state index contributed by atoms with van der Waals surface area (Å²) in [5, 5.41) is 8.82. The van der Waals surface area contributed by atoms with Crippen molar-refractivity contribution in [1.29, 1.82) is 5.26 Å². The lowest BCUT2D eigenvalue weighted by molar-refractivity contribution is 0.222. The van der Waals surface area contributed by atoms with Gasteiger partial charge in [-0.1, -0.05) is 0 Å². The number of anilines is 1. The number of aromatic nitrogens is 2. The molecule has 0 aliphatic carbocycles. The van der Waals surface area contributed by atoms with Crippen molar-refractivity contribution in [3.05, 3.63) is 47.9 Å². The maximum absolute atomic E-state index is 8.82. The number of piperidine rings is 1. The topological polar surface area (TPSA) is 62.0 Å². The molecule has 0 atom stereocenters. The van der Waals surface area contributed by atoms with Crippen LogP contribution in [0.15, 0.2) is 36.7 Å². The summed E-state index contributed by atoms with van der Waals surface area (Å²) in [6.45, 7) is 4.67. The van der Waals surface area contributed by atoms with E-state index in [0.717, 1.165) is 49.8 Å². The van der Waals surface area contributed by atoms with E-state index < -0.39 is 0 Å². The van der Waals surface area contributed by atoms with Gasteiger partial charge in [0.1, 0.15) is 17.6 Å². The maximum atomic E-state index is 8.82. The normalized spacial score (nSPS) is 15.2. The summed E-state index contributed by atoms with van der Waals surface area (Å²) in [6, 6.07) is 9.72. The highest BCUT2D eigenvalue weighted by Gasteiger charge is 2.20. The predicted octanol–water partition coefficient (Wildman–Crippen LogP) is 2.95. The van der Waals surface area contributed by atoms with Gasteiger partial charge in [-0.25, -0.2) is 4.98 Å². The molecular weight excluding hydrogens is 288 g/mol. The van der Waals surface area contributed by atoms with E-state index in [0.29, 0.717) is 11.5 Å². The summed E-state index contributed by atoms with van der Waals surface area (Å²) in [5.41, 5.74) is 1.58. The van der Waals surface area contributed by atoms with Gasteiger partial charge >= 0.3 is 0 Å². The minimum atomic E-state index is 0.568. The van der Waals surface area contributed by atoms with Crippen LogP contribution in [0.25, 0.3) is 0 Å². The van der Waals surface area contributed by atoms with Crippen LogP contribution in [0.4, 0.5) is 5.82 Å². The molecule has 0 aromatic carbocycles. The van der Waals surface area contributed by atoms with E-state index >= 15 is 0 Å². The summed E-state index contributed by atoms with van der Waals surface area (Å²) in [4.78, 5) is 10.8. The van der Waals surface area contributed by atoms with Crippen LogP contribution in [0.3, 0.4) is 0 Å². The third-order valence-corrected chi connectivity index (χ3v) is 4.17. The molecule has 0 bridgehead atoms. The van der Waals surface area contributed by atoms with Crippen molar-refractivity contribution in [2.75, 3.05) is 24.6 Å². The van der Waals surface area contributed by atoms with E-state index in [9.17, 15) is 0 Å². The maximum Gasteiger partial charge on any atom is 0.128 e. The molecule has 0 saturated carbocycles. The van der Waals surface area contributed by atoms with Crippen LogP contribution < -0.4 is 9.64 Å². The molecule has 0 unspecified atom stereocenters. The highest BCUT2D eigenvalue weighted by atomic mass is 16.5. The van der Waals surface area contributed by atoms with Gasteiger partial charge in [-0.2, -0.15) is 5.26 Å². The molecule has 5 nitrogen and oxygen atoms in total. The largest absolute Gasteiger partial charge is 0.493 e. The number of hydrogen-bond acceptors (Lipinski definition) is 5. The second-order valence-corrected chi connectivity index (χ2v) is 5.89. The van der Waals surface area contributed by atoms with Gasteiger partial charge in [0.15, 0.2) is 0 Å². The number of hydrogen-bond donors (Lipinski definition) is 0. The standard InChI is InChI=1S/C18H20N4O/c1-14-10-17(4-7-20-14)23-13-15-5-8-22(9-6-15)18-3-2-16(11-19)12-21-18/h2-4,7,10,12,15H,5-6,8-9,13H2,1H3. The van der Waals surface area contributed by atoms with E-state index in [-0.39, 0.29) is 0 Å². The fourth-order valence-corrected chi connectivity index (χ4v) is 2.79. The van der Waals surface area contributed by atoms with Crippen molar-refractivity contribution in [3.63, 3.8) is 0 Å². The molecule has 0 amide bonds. The van der Waals surface area contributed by atoms with Gasteiger partial charge in [0, 0.05) is 37.2 Å². The van der Waals surface area contributed by atoms with Crippen LogP contribution in [0.2, 0.25) is 0 Å². The average Bonchev–Trinajstić information content (AvgIpc) is 2.61. The second kappa shape index (κ2) is 7.10. The molecule has 1 aliphatic heterocycles. The highest BCUT2D eigenvalue weighted by Crippen LogP contribution is 2.23. The number of nitriles is 1. The van der Waals surface area contributed by atoms with E-state index in [1.54, 1.807) is 12.4 Å². The zero-order valence-electron chi connectivity index (χ0n) is 13.3. The van der Waals surface area contributed by atoms with E-state index in [1.807, 2.05) is 31.2 Å². The quantitative estimate of drug-likeness (QED) is 0.869. The van der Waals surface area contributed by atoms with Gasteiger partial charge in [-0.15, -0.1) is 0 Å². The molecule has 3 rings (SSSR count). The van der Waals surface area contributed by atoms with Crippen LogP contribution in [-0.4, -0.2) is 29.7 Å². The fourth-order valence-electron chi connectivity index (χ4n) is 2.79. The number of nitrogens with zero attached hydrogens (tertiary/aromatic N) is 4. The van der Waals surface area contributed by atoms with Gasteiger partial charge < -0.3 is 9.64 Å². The Balaban J connectivity index is 1.49. The van der Waals surface area contributed by atoms with Crippen molar-refractivity contribution in [3.8, 4) is 11.8 Å². The van der Waals surface area contributed by atoms with Gasteiger partial charge in [-0.05, 0) is 43.9 Å². The second-order valence-electron chi connectivity index (χ2n) is 5.89. The Morgan fingerprint density at radius 2 is 2.09 bits per heavy atom. The molecule has 3 heterocycles. The number of aryl methyl sites for hydroxylation is 1. The van der Waals surface area contributed by atoms with Crippen molar-refractivity contribution < 1.29 is 4.74 Å². The lowest BCUT2D eigenvalue weighted by Crippen LogP contribution is -2.36. The Hall–Kier alpha value is -2.61. The molecule has 1 fully saturated rings. The molecule has 2 aromatic rings. The monoisotopic (exact) mass is 308 g/mol. The molecule has 23 heavy (non-hydrogen) atoms. The van der Waals surface area contributed by atoms with Crippen LogP contribution in [0.1, 0.15) is 24.1 Å². The Bertz CT molecular complexity index is 685. The van der Waals surface area contributed by atoms with E-state index in [1.165, 1.54) is 0 Å². The molecule has 1 aliphatic rings. The smallest absolute Gasteiger partial charge is 0.128 e. The van der Waals surface area contributed by atoms with Gasteiger partial charge in [0.05, 0.1) is 12.2 Å². The van der Waals surface area contributed by atoms with Crippen LogP contribution in [-0.2, 0) is 0 Å². The Labute approximate surface area is 136 Å². The van der Waals surface area contributed by atoms with E-state index in [4.69, 9.17) is 10.00 Å². The van der Waals surface area contributed by atoms with Gasteiger partial charge in [0.25, 0.3) is 0 Å². The third-order valence-electron chi connectivity index (χ3n) is 4.17. The lowest BCUT2D eigenvalue weighted by Gasteiger charge is -2.32. The molecule has 5 heteroatoms. The molecular formula is C18H20N4O. The summed E-state index contributed by atoms with van der Waals surface area (Å²) in [7, 11) is 0. The zero-order valence-corrected chi connectivity index (χ0v) is 13.3. The first kappa shape index (κ1) is 15.3. The van der Waals surface area contributed by atoms with Crippen LogP contribution in [0.5, 0.6) is 5.75 Å². The summed E-state index contributed by atoms with van der Waals surface area (Å²) < 4.78 is 5.89. The first-order valence-electron chi connectivity index (χ1n) is 7.91. The molecule has 0 spiro atoms. The van der Waals surface area contributed by atoms with Gasteiger partial charge in [0.2, 0.25) is 0 Å². The molecule has 118 valence electrons. The predicted molar refractivity (Wildman–Crippen MR) is 88.4 cm³/mol. The minimum Gasteiger partial charge on any atom is -0.493 e. The molecule has 1 saturated heterocycles. The Kier molecular flexibility index (Phi) is 4.72. The third kappa shape index (κ3) is 3.98. The van der Waals surface area contributed by atoms with Crippen molar-refractivity contribution >= 4 is 5.82 Å². The Morgan fingerprint density at radius 3 is 2.74 bits per heavy atom. The minimum absolute atomic E-state index is 0.568. The van der Waals surface area contributed by atoms with Crippen molar-refractivity contribution in [2.45, 2.75) is 19.8 Å². The van der Waals surface area contributed by atoms with Gasteiger partial charge in [-0.3, -0.25) is 4.98 Å². The molecule has 0 N–H and O–H groups in total. The Morgan fingerprint density at radius 1 is 1.26 bits per heavy atom. The number of pyridine rings is 2. The number of ether oxygens (including phenoxy) is 1. The van der Waals surface area contributed by atoms with E-state index in [2.05, 4.69) is 20.9 Å². The average molecular weight is 308 g/mol. The lowest BCUT2D eigenvalue weighted by atomic mass is 9.98. The SMILES string of the molecule is Cc1cc(OCC2CCN(c3ccc(C#N)cn3)CC2)ccn1. The first-order chi connectivity index (χ1) is 11.2. The molecule has 2 aromatic heterocycles. The van der Waals surface area contributed by atoms with Crippen molar-refractivity contribution in [1.82, 2.24) is 9.97 Å². The summed E-state index contributed by atoms with van der Waals surface area (Å²) in [6.07, 6.45) is 5.59. The highest BCUT2D eigenvalue weighted by molar-refractivity contribution is 5.42. The first-order valence-corrected chi connectivity index (χ1v) is 7.91. The van der Waals surface area contributed by atoms with Crippen LogP contribution in [0, 0.1) is 24.2 Å². The van der Waals surface area contributed by atoms with Crippen molar-refractivity contribution in [2.24, 2.45) is 5.92 Å². The zero-order chi connectivity index (χ0) is 16.1. The number of rotatable bonds is 4. The summed E-state index contributed by atoms with van der Waals surface area (Å²) >= 11 is 0. The summed E-state index contributed by atoms with van der Waals surface area (Å²) in [5.74, 6) is 2.42. The molecule has 0 radical (unpaired) electrons. The van der Waals surface area contributed by atoms with Crippen LogP contribution >= 0.6 is 0 Å². The fraction of sp³-hybridized carbons (Fsp3) is 0.389.